The molecule has 0 aliphatic heterocycles. The highest BCUT2D eigenvalue weighted by molar-refractivity contribution is 6.32. The third-order valence-corrected chi connectivity index (χ3v) is 4.04. The number of fused-ring (bicyclic) bond motifs is 1. The normalized spacial score (nSPS) is 11.0. The Balaban J connectivity index is 2.14. The maximum atomic E-state index is 6.68. The van der Waals surface area contributed by atoms with E-state index in [-0.39, 0.29) is 0 Å². The van der Waals surface area contributed by atoms with Crippen LogP contribution < -0.4 is 9.13 Å². The van der Waals surface area contributed by atoms with Crippen molar-refractivity contribution >= 4 is 17.1 Å². The number of nitrogens with zero attached hydrogens (tertiary/aromatic N) is 3. The maximum absolute atomic E-state index is 6.68. The van der Waals surface area contributed by atoms with Gasteiger partial charge in [0.15, 0.2) is 29.9 Å². The van der Waals surface area contributed by atoms with Crippen molar-refractivity contribution in [2.75, 3.05) is 0 Å². The van der Waals surface area contributed by atoms with Crippen LogP contribution in [0.25, 0.3) is 16.9 Å². The van der Waals surface area contributed by atoms with Crippen LogP contribution in [0.1, 0.15) is 0 Å². The van der Waals surface area contributed by atoms with Crippen molar-refractivity contribution in [3.63, 3.8) is 0 Å². The summed E-state index contributed by atoms with van der Waals surface area (Å²) in [4.78, 5) is 0. The first-order chi connectivity index (χ1) is 10.9. The monoisotopic (exact) mass is 307 g/mol. The summed E-state index contributed by atoms with van der Waals surface area (Å²) in [6, 6.07) is 18.1. The van der Waals surface area contributed by atoms with Gasteiger partial charge in [0.05, 0.1) is 0 Å². The van der Waals surface area contributed by atoms with Crippen LogP contribution in [0, 0.1) is 0 Å². The lowest BCUT2D eigenvalue weighted by molar-refractivity contribution is -0.631. The largest absolute Gasteiger partial charge is 0.321 e. The molecule has 0 aromatic carbocycles. The lowest BCUT2D eigenvalue weighted by Crippen LogP contribution is -2.37. The Morgan fingerprint density at radius 1 is 0.682 bits per heavy atom. The van der Waals surface area contributed by atoms with E-state index in [2.05, 4.69) is 10.6 Å². The second-order valence-corrected chi connectivity index (χ2v) is 5.37. The zero-order chi connectivity index (χ0) is 14.9. The molecule has 4 aromatic rings. The standard InChI is InChI=1S/C18H14ClN3/c19-18-17(21-12-6-2-7-13-21)16(20-10-4-1-5-11-20)15-9-3-8-14-22(15)18/h1-14H/q+2. The minimum absolute atomic E-state index is 0.693. The van der Waals surface area contributed by atoms with Crippen molar-refractivity contribution in [1.29, 1.82) is 0 Å². The molecule has 0 atom stereocenters. The van der Waals surface area contributed by atoms with Gasteiger partial charge in [-0.3, -0.25) is 4.40 Å². The molecule has 0 saturated carbocycles. The van der Waals surface area contributed by atoms with Crippen LogP contribution in [-0.2, 0) is 0 Å². The molecule has 0 aliphatic carbocycles. The summed E-state index contributed by atoms with van der Waals surface area (Å²) in [5, 5.41) is 0.693. The van der Waals surface area contributed by atoms with Crippen molar-refractivity contribution in [3.8, 4) is 11.4 Å². The van der Waals surface area contributed by atoms with E-state index < -0.39 is 0 Å². The van der Waals surface area contributed by atoms with Crippen LogP contribution in [0.15, 0.2) is 85.6 Å². The molecule has 0 N–H and O–H groups in total. The van der Waals surface area contributed by atoms with Crippen LogP contribution in [-0.4, -0.2) is 4.40 Å². The SMILES string of the molecule is Clc1c(-[n+]2ccccc2)c(-[n+]2ccccc2)c2ccccn12. The van der Waals surface area contributed by atoms with E-state index in [0.717, 1.165) is 16.9 Å². The van der Waals surface area contributed by atoms with E-state index in [0.29, 0.717) is 5.15 Å². The highest BCUT2D eigenvalue weighted by Gasteiger charge is 2.31. The number of hydrogen-bond donors (Lipinski definition) is 0. The van der Waals surface area contributed by atoms with Gasteiger partial charge in [-0.2, -0.15) is 9.13 Å². The Morgan fingerprint density at radius 2 is 1.27 bits per heavy atom. The van der Waals surface area contributed by atoms with Gasteiger partial charge in [0.1, 0.15) is 5.52 Å². The van der Waals surface area contributed by atoms with Gasteiger partial charge in [-0.05, 0) is 12.1 Å². The smallest absolute Gasteiger partial charge is 0.296 e. The number of pyridine rings is 3. The Bertz CT molecular complexity index is 931. The minimum Gasteiger partial charge on any atom is -0.296 e. The molecule has 106 valence electrons. The van der Waals surface area contributed by atoms with E-state index in [9.17, 15) is 0 Å². The van der Waals surface area contributed by atoms with E-state index >= 15 is 0 Å². The van der Waals surface area contributed by atoms with Gasteiger partial charge < -0.3 is 0 Å². The van der Waals surface area contributed by atoms with Crippen molar-refractivity contribution in [2.45, 2.75) is 0 Å². The van der Waals surface area contributed by atoms with E-state index in [4.69, 9.17) is 11.6 Å². The fraction of sp³-hybridized carbons (Fsp3) is 0. The number of halogens is 1. The van der Waals surface area contributed by atoms with Gasteiger partial charge in [-0.15, -0.1) is 0 Å². The average Bonchev–Trinajstić information content (AvgIpc) is 2.90. The predicted octanol–water partition coefficient (Wildman–Crippen LogP) is 3.15. The molecular formula is C18H14ClN3+2. The summed E-state index contributed by atoms with van der Waals surface area (Å²) < 4.78 is 6.15. The van der Waals surface area contributed by atoms with Gasteiger partial charge >= 0.3 is 11.4 Å². The number of aromatic nitrogens is 3. The summed E-state index contributed by atoms with van der Waals surface area (Å²) in [5.41, 5.74) is 3.09. The molecule has 0 saturated heterocycles. The number of rotatable bonds is 2. The third kappa shape index (κ3) is 1.98. The molecule has 0 bridgehead atoms. The summed E-state index contributed by atoms with van der Waals surface area (Å²) in [6.07, 6.45) is 10.1. The van der Waals surface area contributed by atoms with Gasteiger partial charge in [-0.25, -0.2) is 0 Å². The van der Waals surface area contributed by atoms with E-state index in [1.54, 1.807) is 0 Å². The molecule has 0 fully saturated rings. The molecule has 4 heteroatoms. The summed E-state index contributed by atoms with van der Waals surface area (Å²) in [7, 11) is 0. The fourth-order valence-corrected chi connectivity index (χ4v) is 3.05. The summed E-state index contributed by atoms with van der Waals surface area (Å²) in [5.74, 6) is 0. The van der Waals surface area contributed by atoms with Gasteiger partial charge in [0.25, 0.3) is 0 Å². The second kappa shape index (κ2) is 5.28. The van der Waals surface area contributed by atoms with Gasteiger partial charge in [-0.1, -0.05) is 29.8 Å². The lowest BCUT2D eigenvalue weighted by Gasteiger charge is -1.95. The molecule has 0 radical (unpaired) electrons. The van der Waals surface area contributed by atoms with Crippen LogP contribution in [0.4, 0.5) is 0 Å². The first kappa shape index (κ1) is 13.0. The highest BCUT2D eigenvalue weighted by Crippen LogP contribution is 2.27. The first-order valence-corrected chi connectivity index (χ1v) is 7.46. The summed E-state index contributed by atoms with van der Waals surface area (Å²) >= 11 is 6.68. The molecule has 0 amide bonds. The second-order valence-electron chi connectivity index (χ2n) is 5.01. The van der Waals surface area contributed by atoms with Crippen LogP contribution in [0.2, 0.25) is 5.15 Å². The molecule has 0 spiro atoms. The molecule has 3 nitrogen and oxygen atoms in total. The lowest BCUT2D eigenvalue weighted by atomic mass is 10.3. The van der Waals surface area contributed by atoms with Gasteiger partial charge in [0, 0.05) is 30.5 Å². The van der Waals surface area contributed by atoms with Crippen LogP contribution in [0.5, 0.6) is 0 Å². The van der Waals surface area contributed by atoms with E-state index in [1.807, 2.05) is 88.5 Å². The minimum atomic E-state index is 0.693. The number of hydrogen-bond acceptors (Lipinski definition) is 0. The Hall–Kier alpha value is -2.65. The zero-order valence-corrected chi connectivity index (χ0v) is 12.6. The predicted molar refractivity (Wildman–Crippen MR) is 85.5 cm³/mol. The van der Waals surface area contributed by atoms with Crippen molar-refractivity contribution < 1.29 is 9.13 Å². The van der Waals surface area contributed by atoms with Crippen molar-refractivity contribution in [2.24, 2.45) is 0 Å². The first-order valence-electron chi connectivity index (χ1n) is 7.08. The molecule has 4 rings (SSSR count). The fourth-order valence-electron chi connectivity index (χ4n) is 2.72. The Kier molecular flexibility index (Phi) is 3.13. The Morgan fingerprint density at radius 3 is 1.91 bits per heavy atom. The van der Waals surface area contributed by atoms with Gasteiger partial charge in [0.2, 0.25) is 0 Å². The molecule has 0 aliphatic rings. The molecule has 4 aromatic heterocycles. The average molecular weight is 308 g/mol. The summed E-state index contributed by atoms with van der Waals surface area (Å²) in [6.45, 7) is 0. The zero-order valence-electron chi connectivity index (χ0n) is 11.8. The molecule has 22 heavy (non-hydrogen) atoms. The molecule has 4 heterocycles. The van der Waals surface area contributed by atoms with Crippen LogP contribution >= 0.6 is 11.6 Å². The molecular weight excluding hydrogens is 294 g/mol. The topological polar surface area (TPSA) is 12.2 Å². The Labute approximate surface area is 133 Å². The quantitative estimate of drug-likeness (QED) is 0.504. The highest BCUT2D eigenvalue weighted by atomic mass is 35.5. The molecule has 0 unspecified atom stereocenters. The van der Waals surface area contributed by atoms with E-state index in [1.165, 1.54) is 0 Å². The van der Waals surface area contributed by atoms with Crippen molar-refractivity contribution in [3.05, 3.63) is 90.7 Å². The van der Waals surface area contributed by atoms with Crippen molar-refractivity contribution in [1.82, 2.24) is 4.40 Å². The van der Waals surface area contributed by atoms with Crippen LogP contribution in [0.3, 0.4) is 0 Å². The maximum Gasteiger partial charge on any atom is 0.321 e. The third-order valence-electron chi connectivity index (χ3n) is 3.68.